The summed E-state index contributed by atoms with van der Waals surface area (Å²) in [6, 6.07) is 11.0. The molecule has 0 aliphatic carbocycles. The molecule has 1 aromatic carbocycles. The topological polar surface area (TPSA) is 80.3 Å². The SMILES string of the molecule is CCOc1ccccc1C(=O)NCC(=O)NCc1ccc(-c2csc(C)n2)s1. The Morgan fingerprint density at radius 1 is 1.14 bits per heavy atom. The van der Waals surface area contributed by atoms with E-state index in [9.17, 15) is 9.59 Å². The number of nitrogens with zero attached hydrogens (tertiary/aromatic N) is 1. The highest BCUT2D eigenvalue weighted by Crippen LogP contribution is 2.28. The maximum Gasteiger partial charge on any atom is 0.255 e. The third kappa shape index (κ3) is 5.17. The lowest BCUT2D eigenvalue weighted by atomic mass is 10.2. The van der Waals surface area contributed by atoms with Crippen LogP contribution in [0.1, 0.15) is 27.2 Å². The number of aromatic nitrogens is 1. The number of thiazole rings is 1. The van der Waals surface area contributed by atoms with Gasteiger partial charge in [-0.1, -0.05) is 12.1 Å². The lowest BCUT2D eigenvalue weighted by Gasteiger charge is -2.10. The molecule has 6 nitrogen and oxygen atoms in total. The standard InChI is InChI=1S/C20H21N3O3S2/c1-3-26-17-7-5-4-6-15(17)20(25)22-11-19(24)21-10-14-8-9-18(28-14)16-12-27-13(2)23-16/h4-9,12H,3,10-11H2,1-2H3,(H,21,24)(H,22,25). The summed E-state index contributed by atoms with van der Waals surface area (Å²) >= 11 is 3.21. The van der Waals surface area contributed by atoms with Crippen LogP contribution in [0.3, 0.4) is 0 Å². The zero-order valence-electron chi connectivity index (χ0n) is 15.7. The van der Waals surface area contributed by atoms with Crippen LogP contribution < -0.4 is 15.4 Å². The Labute approximate surface area is 171 Å². The van der Waals surface area contributed by atoms with Gasteiger partial charge in [-0.3, -0.25) is 9.59 Å². The highest BCUT2D eigenvalue weighted by Gasteiger charge is 2.13. The predicted molar refractivity (Wildman–Crippen MR) is 112 cm³/mol. The van der Waals surface area contributed by atoms with Gasteiger partial charge >= 0.3 is 0 Å². The fourth-order valence-corrected chi connectivity index (χ4v) is 4.12. The molecular formula is C20H21N3O3S2. The Morgan fingerprint density at radius 2 is 1.96 bits per heavy atom. The number of hydrogen-bond acceptors (Lipinski definition) is 6. The van der Waals surface area contributed by atoms with E-state index in [1.54, 1.807) is 46.9 Å². The van der Waals surface area contributed by atoms with Gasteiger partial charge in [0.05, 0.1) is 40.8 Å². The third-order valence-electron chi connectivity index (χ3n) is 3.83. The average Bonchev–Trinajstić information content (AvgIpc) is 3.34. The summed E-state index contributed by atoms with van der Waals surface area (Å²) < 4.78 is 5.45. The molecule has 0 saturated carbocycles. The Hall–Kier alpha value is -2.71. The van der Waals surface area contributed by atoms with Crippen molar-refractivity contribution in [2.45, 2.75) is 20.4 Å². The number of hydrogen-bond donors (Lipinski definition) is 2. The van der Waals surface area contributed by atoms with Gasteiger partial charge in [-0.15, -0.1) is 22.7 Å². The molecule has 0 bridgehead atoms. The summed E-state index contributed by atoms with van der Waals surface area (Å²) in [4.78, 5) is 31.0. The van der Waals surface area contributed by atoms with Gasteiger partial charge in [0.1, 0.15) is 5.75 Å². The van der Waals surface area contributed by atoms with Crippen molar-refractivity contribution in [1.29, 1.82) is 0 Å². The number of thiophene rings is 1. The van der Waals surface area contributed by atoms with E-state index in [-0.39, 0.29) is 18.4 Å². The quantitative estimate of drug-likeness (QED) is 0.589. The smallest absolute Gasteiger partial charge is 0.255 e. The largest absolute Gasteiger partial charge is 0.493 e. The van der Waals surface area contributed by atoms with Crippen LogP contribution in [-0.4, -0.2) is 29.9 Å². The molecule has 0 saturated heterocycles. The minimum atomic E-state index is -0.337. The third-order valence-corrected chi connectivity index (χ3v) is 5.72. The summed E-state index contributed by atoms with van der Waals surface area (Å²) in [6.45, 7) is 4.62. The van der Waals surface area contributed by atoms with Crippen molar-refractivity contribution in [3.63, 3.8) is 0 Å². The first-order chi connectivity index (χ1) is 13.6. The van der Waals surface area contributed by atoms with E-state index < -0.39 is 0 Å². The summed E-state index contributed by atoms with van der Waals surface area (Å²) in [6.07, 6.45) is 0. The fourth-order valence-electron chi connectivity index (χ4n) is 2.53. The zero-order valence-corrected chi connectivity index (χ0v) is 17.3. The number of ether oxygens (including phenoxy) is 1. The van der Waals surface area contributed by atoms with Gasteiger partial charge in [-0.2, -0.15) is 0 Å². The number of rotatable bonds is 8. The molecule has 3 rings (SSSR count). The van der Waals surface area contributed by atoms with Crippen LogP contribution in [-0.2, 0) is 11.3 Å². The zero-order chi connectivity index (χ0) is 19.9. The molecule has 146 valence electrons. The van der Waals surface area contributed by atoms with E-state index in [4.69, 9.17) is 4.74 Å². The van der Waals surface area contributed by atoms with Crippen molar-refractivity contribution in [2.75, 3.05) is 13.2 Å². The second-order valence-corrected chi connectivity index (χ2v) is 8.14. The second kappa shape index (κ2) is 9.48. The van der Waals surface area contributed by atoms with Gasteiger partial charge < -0.3 is 15.4 Å². The van der Waals surface area contributed by atoms with Crippen LogP contribution >= 0.6 is 22.7 Å². The highest BCUT2D eigenvalue weighted by atomic mass is 32.1. The fraction of sp³-hybridized carbons (Fsp3) is 0.250. The number of para-hydroxylation sites is 1. The summed E-state index contributed by atoms with van der Waals surface area (Å²) in [5.41, 5.74) is 1.38. The van der Waals surface area contributed by atoms with Gasteiger partial charge in [0.25, 0.3) is 5.91 Å². The number of aryl methyl sites for hydroxylation is 1. The van der Waals surface area contributed by atoms with E-state index in [1.807, 2.05) is 31.4 Å². The normalized spacial score (nSPS) is 10.5. The number of benzene rings is 1. The maximum atomic E-state index is 12.3. The molecule has 2 aromatic heterocycles. The number of nitrogens with one attached hydrogen (secondary N) is 2. The minimum absolute atomic E-state index is 0.0944. The molecule has 28 heavy (non-hydrogen) atoms. The lowest BCUT2D eigenvalue weighted by molar-refractivity contribution is -0.120. The first-order valence-electron chi connectivity index (χ1n) is 8.84. The van der Waals surface area contributed by atoms with E-state index in [0.29, 0.717) is 24.5 Å². The average molecular weight is 416 g/mol. The van der Waals surface area contributed by atoms with Crippen molar-refractivity contribution in [1.82, 2.24) is 15.6 Å². The van der Waals surface area contributed by atoms with Crippen molar-refractivity contribution >= 4 is 34.5 Å². The molecule has 3 aromatic rings. The number of amides is 2. The lowest BCUT2D eigenvalue weighted by Crippen LogP contribution is -2.36. The Balaban J connectivity index is 1.49. The molecule has 0 fully saturated rings. The van der Waals surface area contributed by atoms with Crippen molar-refractivity contribution in [3.05, 3.63) is 57.2 Å². The molecule has 0 aliphatic rings. The molecular weight excluding hydrogens is 394 g/mol. The molecule has 0 spiro atoms. The molecule has 0 unspecified atom stereocenters. The molecule has 8 heteroatoms. The summed E-state index contributed by atoms with van der Waals surface area (Å²) in [7, 11) is 0. The van der Waals surface area contributed by atoms with E-state index >= 15 is 0 Å². The van der Waals surface area contributed by atoms with Crippen LogP contribution in [0.5, 0.6) is 5.75 Å². The van der Waals surface area contributed by atoms with Crippen LogP contribution in [0.2, 0.25) is 0 Å². The van der Waals surface area contributed by atoms with Crippen molar-refractivity contribution < 1.29 is 14.3 Å². The van der Waals surface area contributed by atoms with Gasteiger partial charge in [0.15, 0.2) is 0 Å². The van der Waals surface area contributed by atoms with Gasteiger partial charge in [-0.25, -0.2) is 4.98 Å². The molecule has 2 N–H and O–H groups in total. The Bertz CT molecular complexity index is 965. The van der Waals surface area contributed by atoms with E-state index in [1.165, 1.54) is 0 Å². The summed E-state index contributed by atoms with van der Waals surface area (Å²) in [5.74, 6) is -0.0792. The maximum absolute atomic E-state index is 12.3. The van der Waals surface area contributed by atoms with E-state index in [0.717, 1.165) is 20.5 Å². The van der Waals surface area contributed by atoms with Gasteiger partial charge in [-0.05, 0) is 38.1 Å². The molecule has 0 radical (unpaired) electrons. The molecule has 0 atom stereocenters. The molecule has 2 amide bonds. The Morgan fingerprint density at radius 3 is 2.71 bits per heavy atom. The molecule has 0 aliphatic heterocycles. The highest BCUT2D eigenvalue weighted by molar-refractivity contribution is 7.16. The number of carbonyl (C=O) groups is 2. The Kier molecular flexibility index (Phi) is 6.78. The van der Waals surface area contributed by atoms with Crippen molar-refractivity contribution in [2.24, 2.45) is 0 Å². The monoisotopic (exact) mass is 415 g/mol. The van der Waals surface area contributed by atoms with Crippen LogP contribution in [0.25, 0.3) is 10.6 Å². The first-order valence-corrected chi connectivity index (χ1v) is 10.5. The number of carbonyl (C=O) groups excluding carboxylic acids is 2. The first kappa shape index (κ1) is 20.0. The van der Waals surface area contributed by atoms with E-state index in [2.05, 4.69) is 15.6 Å². The van der Waals surface area contributed by atoms with Crippen LogP contribution in [0.4, 0.5) is 0 Å². The van der Waals surface area contributed by atoms with Crippen LogP contribution in [0.15, 0.2) is 41.8 Å². The van der Waals surface area contributed by atoms with Crippen molar-refractivity contribution in [3.8, 4) is 16.3 Å². The van der Waals surface area contributed by atoms with Gasteiger partial charge in [0.2, 0.25) is 5.91 Å². The second-order valence-electron chi connectivity index (χ2n) is 5.91. The summed E-state index contributed by atoms with van der Waals surface area (Å²) in [5, 5.41) is 8.51. The predicted octanol–water partition coefficient (Wildman–Crippen LogP) is 3.62. The molecule has 2 heterocycles. The van der Waals surface area contributed by atoms with Crippen LogP contribution in [0, 0.1) is 6.92 Å². The minimum Gasteiger partial charge on any atom is -0.493 e. The van der Waals surface area contributed by atoms with Gasteiger partial charge in [0, 0.05) is 10.3 Å².